The van der Waals surface area contributed by atoms with Gasteiger partial charge in [0.05, 0.1) is 0 Å². The molecular weight excluding hydrogens is 276 g/mol. The number of aliphatic carboxylic acids is 1. The van der Waals surface area contributed by atoms with Gasteiger partial charge < -0.3 is 15.3 Å². The molecule has 16 heavy (non-hydrogen) atoms. The number of carbonyl (C=O) groups is 1. The number of aliphatic hydroxyl groups is 1. The van der Waals surface area contributed by atoms with E-state index < -0.39 is 12.1 Å². The number of alkyl halides is 1. The van der Waals surface area contributed by atoms with Crippen LogP contribution in [-0.4, -0.2) is 26.6 Å². The lowest BCUT2D eigenvalue weighted by atomic mass is 10.0. The maximum absolute atomic E-state index is 10.6. The summed E-state index contributed by atoms with van der Waals surface area (Å²) in [6.07, 6.45) is -0.0689. The summed E-state index contributed by atoms with van der Waals surface area (Å²) in [6, 6.07) is 4.34. The van der Waals surface area contributed by atoms with Crippen molar-refractivity contribution in [1.82, 2.24) is 0 Å². The van der Waals surface area contributed by atoms with Crippen molar-refractivity contribution in [2.24, 2.45) is 0 Å². The van der Waals surface area contributed by atoms with Gasteiger partial charge >= 0.3 is 5.97 Å². The van der Waals surface area contributed by atoms with E-state index >= 15 is 0 Å². The Morgan fingerprint density at radius 2 is 2.12 bits per heavy atom. The number of carboxylic acids is 1. The van der Waals surface area contributed by atoms with Gasteiger partial charge in [-0.2, -0.15) is 0 Å². The van der Waals surface area contributed by atoms with E-state index in [2.05, 4.69) is 15.9 Å². The van der Waals surface area contributed by atoms with Gasteiger partial charge in [0.2, 0.25) is 0 Å². The van der Waals surface area contributed by atoms with Crippen LogP contribution in [0.25, 0.3) is 0 Å². The molecule has 0 saturated carbocycles. The first-order valence-corrected chi connectivity index (χ1v) is 5.97. The molecule has 0 fully saturated rings. The number of phenolic OH excluding ortho intramolecular Hbond substituents is 1. The van der Waals surface area contributed by atoms with Crippen LogP contribution in [0, 0.1) is 0 Å². The lowest BCUT2D eigenvalue weighted by Gasteiger charge is -2.09. The number of carboxylic acid groups (broad SMARTS) is 1. The van der Waals surface area contributed by atoms with Gasteiger partial charge in [-0.05, 0) is 36.1 Å². The predicted molar refractivity (Wildman–Crippen MR) is 62.8 cm³/mol. The summed E-state index contributed by atoms with van der Waals surface area (Å²) >= 11 is 3.28. The number of hydrogen-bond donors (Lipinski definition) is 3. The summed E-state index contributed by atoms with van der Waals surface area (Å²) in [5.41, 5.74) is 0.937. The van der Waals surface area contributed by atoms with Gasteiger partial charge in [-0.1, -0.05) is 22.0 Å². The molecule has 1 unspecified atom stereocenters. The highest BCUT2D eigenvalue weighted by Gasteiger charge is 2.16. The maximum Gasteiger partial charge on any atom is 0.337 e. The smallest absolute Gasteiger partial charge is 0.337 e. The number of halogens is 1. The van der Waals surface area contributed by atoms with Crippen LogP contribution >= 0.6 is 15.9 Å². The topological polar surface area (TPSA) is 77.8 Å². The normalized spacial score (nSPS) is 12.4. The van der Waals surface area contributed by atoms with E-state index in [1.165, 1.54) is 18.2 Å². The van der Waals surface area contributed by atoms with Crippen LogP contribution in [-0.2, 0) is 11.2 Å². The third-order valence-corrected chi connectivity index (χ3v) is 2.79. The first-order valence-electron chi connectivity index (χ1n) is 4.85. The molecule has 0 aromatic heterocycles. The van der Waals surface area contributed by atoms with Crippen molar-refractivity contribution in [1.29, 1.82) is 0 Å². The Kier molecular flexibility index (Phi) is 4.76. The Morgan fingerprint density at radius 1 is 1.44 bits per heavy atom. The van der Waals surface area contributed by atoms with E-state index in [0.29, 0.717) is 12.0 Å². The molecule has 0 aliphatic carbocycles. The summed E-state index contributed by atoms with van der Waals surface area (Å²) < 4.78 is 0. The average Bonchev–Trinajstić information content (AvgIpc) is 2.27. The van der Waals surface area contributed by atoms with Crippen LogP contribution in [0.4, 0.5) is 0 Å². The lowest BCUT2D eigenvalue weighted by Crippen LogP contribution is -2.10. The molecular formula is C11H13BrO4. The minimum Gasteiger partial charge on any atom is -0.508 e. The van der Waals surface area contributed by atoms with Crippen LogP contribution in [0.1, 0.15) is 23.7 Å². The lowest BCUT2D eigenvalue weighted by molar-refractivity contribution is -0.146. The molecule has 0 radical (unpaired) electrons. The number of aliphatic hydroxyl groups excluding tert-OH is 1. The molecule has 5 heteroatoms. The third kappa shape index (κ3) is 3.21. The monoisotopic (exact) mass is 288 g/mol. The summed E-state index contributed by atoms with van der Waals surface area (Å²) in [6.45, 7) is 0. The Labute approximate surface area is 102 Å². The Morgan fingerprint density at radius 3 is 2.69 bits per heavy atom. The van der Waals surface area contributed by atoms with Crippen molar-refractivity contribution < 1.29 is 20.1 Å². The van der Waals surface area contributed by atoms with Crippen LogP contribution in [0.15, 0.2) is 18.2 Å². The molecule has 0 spiro atoms. The number of aromatic hydroxyl groups is 1. The van der Waals surface area contributed by atoms with Gasteiger partial charge in [0, 0.05) is 5.33 Å². The van der Waals surface area contributed by atoms with E-state index in [1.54, 1.807) is 0 Å². The van der Waals surface area contributed by atoms with Gasteiger partial charge in [0.15, 0.2) is 6.10 Å². The molecule has 0 aliphatic rings. The minimum absolute atomic E-state index is 0.127. The van der Waals surface area contributed by atoms with Crippen molar-refractivity contribution >= 4 is 21.9 Å². The quantitative estimate of drug-likeness (QED) is 0.723. The zero-order valence-corrected chi connectivity index (χ0v) is 10.1. The second kappa shape index (κ2) is 5.86. The summed E-state index contributed by atoms with van der Waals surface area (Å²) in [7, 11) is 0. The van der Waals surface area contributed by atoms with Gasteiger partial charge in [-0.25, -0.2) is 4.79 Å². The van der Waals surface area contributed by atoms with E-state index in [-0.39, 0.29) is 11.3 Å². The zero-order chi connectivity index (χ0) is 12.1. The summed E-state index contributed by atoms with van der Waals surface area (Å²) in [4.78, 5) is 10.6. The second-order valence-electron chi connectivity index (χ2n) is 3.42. The Hall–Kier alpha value is -1.07. The highest BCUT2D eigenvalue weighted by atomic mass is 79.9. The van der Waals surface area contributed by atoms with Crippen molar-refractivity contribution in [2.75, 3.05) is 5.33 Å². The highest BCUT2D eigenvalue weighted by molar-refractivity contribution is 9.09. The van der Waals surface area contributed by atoms with E-state index in [0.717, 1.165) is 11.8 Å². The molecule has 1 rings (SSSR count). The van der Waals surface area contributed by atoms with Crippen molar-refractivity contribution in [3.8, 4) is 5.75 Å². The fourth-order valence-corrected chi connectivity index (χ4v) is 1.66. The fourth-order valence-electron chi connectivity index (χ4n) is 1.38. The number of aryl methyl sites for hydroxylation is 1. The molecule has 3 N–H and O–H groups in total. The largest absolute Gasteiger partial charge is 0.508 e. The molecule has 0 saturated heterocycles. The molecule has 1 aromatic rings. The number of benzene rings is 1. The second-order valence-corrected chi connectivity index (χ2v) is 4.21. The standard InChI is InChI=1S/C11H13BrO4/c12-5-1-2-7-6-8(3-4-9(7)13)10(14)11(15)16/h3-4,6,10,13-14H,1-2,5H2,(H,15,16). The maximum atomic E-state index is 10.6. The molecule has 4 nitrogen and oxygen atoms in total. The molecule has 0 amide bonds. The van der Waals surface area contributed by atoms with Crippen LogP contribution in [0.3, 0.4) is 0 Å². The minimum atomic E-state index is -1.54. The van der Waals surface area contributed by atoms with Gasteiger partial charge in [-0.3, -0.25) is 0 Å². The fraction of sp³-hybridized carbons (Fsp3) is 0.364. The number of phenols is 1. The average molecular weight is 289 g/mol. The van der Waals surface area contributed by atoms with Crippen LogP contribution in [0.5, 0.6) is 5.75 Å². The molecule has 88 valence electrons. The molecule has 1 aromatic carbocycles. The molecule has 1 atom stereocenters. The SMILES string of the molecule is O=C(O)C(O)c1ccc(O)c(CCCBr)c1. The van der Waals surface area contributed by atoms with Crippen molar-refractivity contribution in [2.45, 2.75) is 18.9 Å². The molecule has 0 bridgehead atoms. The summed E-state index contributed by atoms with van der Waals surface area (Å²) in [5, 5.41) is 28.3. The van der Waals surface area contributed by atoms with Gasteiger partial charge in [0.1, 0.15) is 5.75 Å². The van der Waals surface area contributed by atoms with E-state index in [4.69, 9.17) is 5.11 Å². The first-order chi connectivity index (χ1) is 7.56. The Bertz CT molecular complexity index is 378. The molecule has 0 aliphatic heterocycles. The van der Waals surface area contributed by atoms with E-state index in [9.17, 15) is 15.0 Å². The summed E-state index contributed by atoms with van der Waals surface area (Å²) in [5.74, 6) is -1.17. The molecule has 0 heterocycles. The van der Waals surface area contributed by atoms with Crippen LogP contribution < -0.4 is 0 Å². The number of hydrogen-bond acceptors (Lipinski definition) is 3. The van der Waals surface area contributed by atoms with Gasteiger partial charge in [0.25, 0.3) is 0 Å². The van der Waals surface area contributed by atoms with Crippen LogP contribution in [0.2, 0.25) is 0 Å². The third-order valence-electron chi connectivity index (χ3n) is 2.23. The van der Waals surface area contributed by atoms with E-state index in [1.807, 2.05) is 0 Å². The first kappa shape index (κ1) is 13.0. The Balaban J connectivity index is 2.92. The van der Waals surface area contributed by atoms with Crippen molar-refractivity contribution in [3.05, 3.63) is 29.3 Å². The van der Waals surface area contributed by atoms with Crippen molar-refractivity contribution in [3.63, 3.8) is 0 Å². The van der Waals surface area contributed by atoms with Gasteiger partial charge in [-0.15, -0.1) is 0 Å². The predicted octanol–water partition coefficient (Wildman–Crippen LogP) is 1.84. The zero-order valence-electron chi connectivity index (χ0n) is 8.56. The number of rotatable bonds is 5. The highest BCUT2D eigenvalue weighted by Crippen LogP contribution is 2.24.